The van der Waals surface area contributed by atoms with Gasteiger partial charge in [0.2, 0.25) is 0 Å². The van der Waals surface area contributed by atoms with Crippen molar-refractivity contribution < 1.29 is 5.11 Å². The maximum absolute atomic E-state index is 8.86. The van der Waals surface area contributed by atoms with Crippen LogP contribution in [0.5, 0.6) is 5.75 Å². The number of halogens is 2. The van der Waals surface area contributed by atoms with Crippen molar-refractivity contribution in [1.82, 2.24) is 0 Å². The number of phenols is 1. The van der Waals surface area contributed by atoms with Gasteiger partial charge in [0, 0.05) is 5.02 Å². The minimum absolute atomic E-state index is 0. The fourth-order valence-corrected chi connectivity index (χ4v) is 0.706. The van der Waals surface area contributed by atoms with Gasteiger partial charge in [-0.3, -0.25) is 0 Å². The number of nitrogen functional groups attached to an aromatic ring is 1. The monoisotopic (exact) mass is 179 g/mol. The molecule has 0 amide bonds. The molecule has 0 spiro atoms. The Balaban J connectivity index is 0.000000810. The van der Waals surface area contributed by atoms with Crippen LogP contribution < -0.4 is 5.73 Å². The van der Waals surface area contributed by atoms with Crippen LogP contribution in [0, 0.1) is 0 Å². The molecule has 2 nitrogen and oxygen atoms in total. The van der Waals surface area contributed by atoms with E-state index in [0.717, 1.165) is 0 Å². The molecule has 1 aromatic carbocycles. The molecule has 0 unspecified atom stereocenters. The Hall–Kier alpha value is -0.600. The summed E-state index contributed by atoms with van der Waals surface area (Å²) in [6.07, 6.45) is 0. The number of anilines is 1. The second-order valence-electron chi connectivity index (χ2n) is 1.70. The summed E-state index contributed by atoms with van der Waals surface area (Å²) < 4.78 is 0. The second kappa shape index (κ2) is 3.54. The van der Waals surface area contributed by atoms with Crippen LogP contribution in [-0.4, -0.2) is 5.11 Å². The standard InChI is InChI=1S/C6H6ClNO.ClH/c7-4-1-2-6(9)5(8)3-4;/h1-3,9H,8H2;1H. The molecule has 4 heteroatoms. The van der Waals surface area contributed by atoms with E-state index in [9.17, 15) is 0 Å². The van der Waals surface area contributed by atoms with Crippen LogP contribution in [0.15, 0.2) is 18.2 Å². The number of phenolic OH excluding ortho intramolecular Hbond substituents is 1. The summed E-state index contributed by atoms with van der Waals surface area (Å²) in [5.74, 6) is 0.0689. The van der Waals surface area contributed by atoms with Crippen molar-refractivity contribution in [3.8, 4) is 5.75 Å². The SMILES string of the molecule is Cl.Nc1cc(Cl)ccc1O. The average Bonchev–Trinajstić information content (AvgIpc) is 1.80. The second-order valence-corrected chi connectivity index (χ2v) is 2.14. The summed E-state index contributed by atoms with van der Waals surface area (Å²) in [6, 6.07) is 4.53. The fourth-order valence-electron chi connectivity index (χ4n) is 0.525. The van der Waals surface area contributed by atoms with Crippen molar-refractivity contribution in [3.63, 3.8) is 0 Å². The fraction of sp³-hybridized carbons (Fsp3) is 0. The molecule has 0 atom stereocenters. The highest BCUT2D eigenvalue weighted by atomic mass is 35.5. The zero-order valence-electron chi connectivity index (χ0n) is 5.04. The molecule has 0 aliphatic heterocycles. The molecule has 0 bridgehead atoms. The Morgan fingerprint density at radius 3 is 2.40 bits per heavy atom. The predicted octanol–water partition coefficient (Wildman–Crippen LogP) is 2.05. The van der Waals surface area contributed by atoms with E-state index in [1.165, 1.54) is 12.1 Å². The van der Waals surface area contributed by atoms with Crippen LogP contribution in [0.25, 0.3) is 0 Å². The van der Waals surface area contributed by atoms with Gasteiger partial charge in [-0.2, -0.15) is 0 Å². The highest BCUT2D eigenvalue weighted by Crippen LogP contribution is 2.22. The van der Waals surface area contributed by atoms with Crippen molar-refractivity contribution >= 4 is 29.7 Å². The molecule has 0 fully saturated rings. The van der Waals surface area contributed by atoms with Crippen molar-refractivity contribution in [2.45, 2.75) is 0 Å². The van der Waals surface area contributed by atoms with Gasteiger partial charge in [-0.1, -0.05) is 11.6 Å². The van der Waals surface area contributed by atoms with Crippen LogP contribution in [-0.2, 0) is 0 Å². The molecule has 0 aromatic heterocycles. The maximum atomic E-state index is 8.86. The first-order chi connectivity index (χ1) is 4.20. The third-order valence-corrected chi connectivity index (χ3v) is 1.22. The molecular formula is C6H7Cl2NO. The third kappa shape index (κ3) is 1.97. The first kappa shape index (κ1) is 9.40. The van der Waals surface area contributed by atoms with Crippen molar-refractivity contribution in [3.05, 3.63) is 23.2 Å². The van der Waals surface area contributed by atoms with E-state index < -0.39 is 0 Å². The summed E-state index contributed by atoms with van der Waals surface area (Å²) in [5.41, 5.74) is 5.59. The molecule has 10 heavy (non-hydrogen) atoms. The van der Waals surface area contributed by atoms with Crippen LogP contribution in [0.2, 0.25) is 5.02 Å². The quantitative estimate of drug-likeness (QED) is 0.474. The summed E-state index contributed by atoms with van der Waals surface area (Å²) in [7, 11) is 0. The van der Waals surface area contributed by atoms with Crippen molar-refractivity contribution in [2.24, 2.45) is 0 Å². The van der Waals surface area contributed by atoms with Crippen LogP contribution in [0.1, 0.15) is 0 Å². The molecule has 0 heterocycles. The first-order valence-corrected chi connectivity index (χ1v) is 2.82. The molecule has 0 radical (unpaired) electrons. The predicted molar refractivity (Wildman–Crippen MR) is 44.8 cm³/mol. The Bertz CT molecular complexity index is 227. The summed E-state index contributed by atoms with van der Waals surface area (Å²) in [5, 5.41) is 9.39. The van der Waals surface area contributed by atoms with E-state index in [1.807, 2.05) is 0 Å². The molecule has 3 N–H and O–H groups in total. The average molecular weight is 180 g/mol. The normalized spacial score (nSPS) is 8.50. The van der Waals surface area contributed by atoms with E-state index in [1.54, 1.807) is 6.07 Å². The minimum Gasteiger partial charge on any atom is -0.506 e. The van der Waals surface area contributed by atoms with Gasteiger partial charge in [0.1, 0.15) is 5.75 Å². The van der Waals surface area contributed by atoms with E-state index in [4.69, 9.17) is 22.4 Å². The molecule has 0 saturated heterocycles. The highest BCUT2D eigenvalue weighted by Gasteiger charge is 1.93. The minimum atomic E-state index is 0. The first-order valence-electron chi connectivity index (χ1n) is 2.44. The number of rotatable bonds is 0. The van der Waals surface area contributed by atoms with Crippen molar-refractivity contribution in [1.29, 1.82) is 0 Å². The Morgan fingerprint density at radius 2 is 2.00 bits per heavy atom. The number of benzene rings is 1. The smallest absolute Gasteiger partial charge is 0.138 e. The van der Waals surface area contributed by atoms with E-state index in [2.05, 4.69) is 0 Å². The van der Waals surface area contributed by atoms with Crippen LogP contribution in [0.4, 0.5) is 5.69 Å². The van der Waals surface area contributed by atoms with E-state index in [0.29, 0.717) is 10.7 Å². The third-order valence-electron chi connectivity index (χ3n) is 0.990. The topological polar surface area (TPSA) is 46.2 Å². The van der Waals surface area contributed by atoms with Gasteiger partial charge < -0.3 is 10.8 Å². The lowest BCUT2D eigenvalue weighted by Gasteiger charge is -1.95. The molecule has 0 saturated carbocycles. The Kier molecular flexibility index (Phi) is 3.33. The molecule has 0 aliphatic carbocycles. The molecule has 1 rings (SSSR count). The number of nitrogens with two attached hydrogens (primary N) is 1. The van der Waals surface area contributed by atoms with Crippen LogP contribution in [0.3, 0.4) is 0 Å². The van der Waals surface area contributed by atoms with Gasteiger partial charge >= 0.3 is 0 Å². The number of aromatic hydroxyl groups is 1. The van der Waals surface area contributed by atoms with Gasteiger partial charge in [-0.05, 0) is 18.2 Å². The number of hydrogen-bond donors (Lipinski definition) is 2. The van der Waals surface area contributed by atoms with E-state index in [-0.39, 0.29) is 18.2 Å². The van der Waals surface area contributed by atoms with E-state index >= 15 is 0 Å². The van der Waals surface area contributed by atoms with Gasteiger partial charge in [0.25, 0.3) is 0 Å². The van der Waals surface area contributed by atoms with Crippen LogP contribution >= 0.6 is 24.0 Å². The number of hydrogen-bond acceptors (Lipinski definition) is 2. The van der Waals surface area contributed by atoms with Crippen molar-refractivity contribution in [2.75, 3.05) is 5.73 Å². The van der Waals surface area contributed by atoms with Gasteiger partial charge in [0.15, 0.2) is 0 Å². The highest BCUT2D eigenvalue weighted by molar-refractivity contribution is 6.30. The van der Waals surface area contributed by atoms with Gasteiger partial charge in [-0.15, -0.1) is 12.4 Å². The lowest BCUT2D eigenvalue weighted by atomic mass is 10.3. The Labute approximate surface area is 70.0 Å². The molecule has 0 aliphatic rings. The summed E-state index contributed by atoms with van der Waals surface area (Å²) in [4.78, 5) is 0. The lowest BCUT2D eigenvalue weighted by molar-refractivity contribution is 0.478. The zero-order chi connectivity index (χ0) is 6.85. The zero-order valence-corrected chi connectivity index (χ0v) is 6.62. The summed E-state index contributed by atoms with van der Waals surface area (Å²) in [6.45, 7) is 0. The van der Waals surface area contributed by atoms with Gasteiger partial charge in [0.05, 0.1) is 5.69 Å². The molecule has 56 valence electrons. The largest absolute Gasteiger partial charge is 0.506 e. The molecular weight excluding hydrogens is 173 g/mol. The summed E-state index contributed by atoms with van der Waals surface area (Å²) >= 11 is 5.53. The van der Waals surface area contributed by atoms with Gasteiger partial charge in [-0.25, -0.2) is 0 Å². The Morgan fingerprint density at radius 1 is 1.40 bits per heavy atom. The lowest BCUT2D eigenvalue weighted by Crippen LogP contribution is -1.83. The maximum Gasteiger partial charge on any atom is 0.138 e. The molecule has 1 aromatic rings.